The highest BCUT2D eigenvalue weighted by Gasteiger charge is 2.44. The molecule has 1 aromatic rings. The third kappa shape index (κ3) is 9.49. The van der Waals surface area contributed by atoms with Crippen LogP contribution in [0.2, 0.25) is 25.7 Å². The Morgan fingerprint density at radius 2 is 1.81 bits per heavy atom. The Labute approximate surface area is 219 Å². The van der Waals surface area contributed by atoms with E-state index in [1.165, 1.54) is 0 Å². The van der Waals surface area contributed by atoms with Gasteiger partial charge in [-0.25, -0.2) is 4.79 Å². The number of benzene rings is 1. The molecule has 0 spiro atoms. The van der Waals surface area contributed by atoms with Gasteiger partial charge < -0.3 is 19.5 Å². The van der Waals surface area contributed by atoms with Crippen LogP contribution in [-0.2, 0) is 19.0 Å². The summed E-state index contributed by atoms with van der Waals surface area (Å²) in [7, 11) is -1.33. The molecule has 0 aliphatic carbocycles. The summed E-state index contributed by atoms with van der Waals surface area (Å²) >= 11 is 0. The number of amides is 1. The van der Waals surface area contributed by atoms with Crippen molar-refractivity contribution in [1.82, 2.24) is 0 Å². The molecule has 1 heterocycles. The summed E-state index contributed by atoms with van der Waals surface area (Å²) in [5.41, 5.74) is 2.64. The maximum Gasteiger partial charge on any atom is 0.340 e. The van der Waals surface area contributed by atoms with Gasteiger partial charge in [0.15, 0.2) is 5.79 Å². The number of allylic oxidation sites excluding steroid dienone is 1. The van der Waals surface area contributed by atoms with Crippen molar-refractivity contribution >= 4 is 25.6 Å². The number of carbonyl (C=O) groups is 2. The van der Waals surface area contributed by atoms with Crippen molar-refractivity contribution in [3.05, 3.63) is 41.0 Å². The molecule has 7 heteroatoms. The first-order valence-corrected chi connectivity index (χ1v) is 16.9. The van der Waals surface area contributed by atoms with Crippen LogP contribution >= 0.6 is 0 Å². The van der Waals surface area contributed by atoms with E-state index in [0.29, 0.717) is 23.8 Å². The lowest BCUT2D eigenvalue weighted by Gasteiger charge is -2.21. The minimum Gasteiger partial charge on any atom is -0.462 e. The molecular weight excluding hydrogens is 470 g/mol. The number of ether oxygens (including phenoxy) is 3. The molecule has 3 atom stereocenters. The van der Waals surface area contributed by atoms with E-state index < -0.39 is 25.9 Å². The standard InChI is InChI=1S/C29H47NO5Si/c1-19(2)12-11-13-21(4)27-24(34-29(6,7)35-27)18-25(31)30-23-17-20(3)16-22(5)26(23)28(32)33-14-15-36(8,9)10/h11,13,16-17,19,21,24,27H,12,14-15,18H2,1-10H3,(H,30,31)/b13-11-/t21?,24-,27+/m0/s1. The van der Waals surface area contributed by atoms with Gasteiger partial charge in [-0.3, -0.25) is 4.79 Å². The van der Waals surface area contributed by atoms with Crippen LogP contribution in [0.25, 0.3) is 0 Å². The summed E-state index contributed by atoms with van der Waals surface area (Å²) in [5, 5.41) is 2.97. The van der Waals surface area contributed by atoms with Gasteiger partial charge in [0.25, 0.3) is 0 Å². The van der Waals surface area contributed by atoms with Crippen LogP contribution in [0, 0.1) is 25.7 Å². The number of anilines is 1. The average molecular weight is 518 g/mol. The topological polar surface area (TPSA) is 73.9 Å². The highest BCUT2D eigenvalue weighted by atomic mass is 28.3. The average Bonchev–Trinajstić information content (AvgIpc) is 2.99. The smallest absolute Gasteiger partial charge is 0.340 e. The molecule has 0 radical (unpaired) electrons. The van der Waals surface area contributed by atoms with Crippen LogP contribution < -0.4 is 5.32 Å². The molecule has 2 rings (SSSR count). The number of aryl methyl sites for hydroxylation is 2. The second-order valence-electron chi connectivity index (χ2n) is 12.3. The molecule has 0 aromatic heterocycles. The maximum atomic E-state index is 13.2. The molecule has 1 saturated heterocycles. The zero-order chi connectivity index (χ0) is 27.3. The Morgan fingerprint density at radius 3 is 2.42 bits per heavy atom. The van der Waals surface area contributed by atoms with E-state index in [2.05, 4.69) is 57.9 Å². The van der Waals surface area contributed by atoms with E-state index in [-0.39, 0.29) is 24.3 Å². The number of hydrogen-bond donors (Lipinski definition) is 1. The fourth-order valence-corrected chi connectivity index (χ4v) is 5.10. The molecule has 1 aromatic carbocycles. The molecule has 1 aliphatic rings. The Bertz CT molecular complexity index is 948. The third-order valence-electron chi connectivity index (χ3n) is 6.22. The highest BCUT2D eigenvalue weighted by molar-refractivity contribution is 6.76. The number of rotatable bonds is 11. The van der Waals surface area contributed by atoms with E-state index in [9.17, 15) is 9.59 Å². The second kappa shape index (κ2) is 12.5. The number of esters is 1. The van der Waals surface area contributed by atoms with Gasteiger partial charge in [0.05, 0.1) is 36.5 Å². The van der Waals surface area contributed by atoms with Crippen molar-refractivity contribution in [2.45, 2.75) is 105 Å². The molecule has 1 aliphatic heterocycles. The largest absolute Gasteiger partial charge is 0.462 e. The van der Waals surface area contributed by atoms with Gasteiger partial charge >= 0.3 is 5.97 Å². The Kier molecular flexibility index (Phi) is 10.5. The van der Waals surface area contributed by atoms with Crippen LogP contribution in [0.3, 0.4) is 0 Å². The molecule has 6 nitrogen and oxygen atoms in total. The number of nitrogens with one attached hydrogen (secondary N) is 1. The maximum absolute atomic E-state index is 13.2. The van der Waals surface area contributed by atoms with E-state index in [0.717, 1.165) is 23.6 Å². The highest BCUT2D eigenvalue weighted by Crippen LogP contribution is 2.35. The summed E-state index contributed by atoms with van der Waals surface area (Å²) in [6.45, 7) is 21.2. The van der Waals surface area contributed by atoms with Crippen molar-refractivity contribution < 1.29 is 23.8 Å². The monoisotopic (exact) mass is 517 g/mol. The van der Waals surface area contributed by atoms with Crippen LogP contribution in [0.5, 0.6) is 0 Å². The van der Waals surface area contributed by atoms with Gasteiger partial charge in [-0.1, -0.05) is 58.6 Å². The van der Waals surface area contributed by atoms with Gasteiger partial charge in [0, 0.05) is 14.0 Å². The molecular formula is C29H47NO5Si. The predicted molar refractivity (Wildman–Crippen MR) is 149 cm³/mol. The molecule has 202 valence electrons. The van der Waals surface area contributed by atoms with E-state index in [1.807, 2.05) is 39.8 Å². The molecule has 0 bridgehead atoms. The first kappa shape index (κ1) is 30.3. The quantitative estimate of drug-likeness (QED) is 0.197. The Balaban J connectivity index is 2.15. The molecule has 36 heavy (non-hydrogen) atoms. The fraction of sp³-hybridized carbons (Fsp3) is 0.655. The normalized spacial score (nSPS) is 20.6. The Morgan fingerprint density at radius 1 is 1.14 bits per heavy atom. The zero-order valence-corrected chi connectivity index (χ0v) is 25.0. The summed E-state index contributed by atoms with van der Waals surface area (Å²) in [4.78, 5) is 26.2. The Hall–Kier alpha value is -1.96. The van der Waals surface area contributed by atoms with Gasteiger partial charge in [-0.05, 0) is 63.3 Å². The van der Waals surface area contributed by atoms with Crippen molar-refractivity contribution in [3.8, 4) is 0 Å². The molecule has 0 saturated carbocycles. The van der Waals surface area contributed by atoms with E-state index >= 15 is 0 Å². The van der Waals surface area contributed by atoms with Gasteiger partial charge in [-0.2, -0.15) is 0 Å². The van der Waals surface area contributed by atoms with Crippen LogP contribution in [0.4, 0.5) is 5.69 Å². The molecule has 1 amide bonds. The lowest BCUT2D eigenvalue weighted by molar-refractivity contribution is -0.150. The number of carbonyl (C=O) groups excluding carboxylic acids is 2. The molecule has 1 fully saturated rings. The third-order valence-corrected chi connectivity index (χ3v) is 7.92. The minimum atomic E-state index is -1.33. The number of hydrogen-bond acceptors (Lipinski definition) is 5. The van der Waals surface area contributed by atoms with Crippen LogP contribution in [0.1, 0.15) is 68.9 Å². The summed E-state index contributed by atoms with van der Waals surface area (Å²) in [6.07, 6.45) is 4.83. The van der Waals surface area contributed by atoms with Gasteiger partial charge in [-0.15, -0.1) is 0 Å². The van der Waals surface area contributed by atoms with Crippen LogP contribution in [0.15, 0.2) is 24.3 Å². The van der Waals surface area contributed by atoms with E-state index in [4.69, 9.17) is 14.2 Å². The van der Waals surface area contributed by atoms with Crippen LogP contribution in [-0.4, -0.2) is 44.6 Å². The fourth-order valence-electron chi connectivity index (χ4n) is 4.38. The predicted octanol–water partition coefficient (Wildman–Crippen LogP) is 6.89. The zero-order valence-electron chi connectivity index (χ0n) is 24.0. The van der Waals surface area contributed by atoms with E-state index in [1.54, 1.807) is 0 Å². The first-order chi connectivity index (χ1) is 16.6. The first-order valence-electron chi connectivity index (χ1n) is 13.2. The SMILES string of the molecule is Cc1cc(C)c(C(=O)OCC[Si](C)(C)C)c(NC(=O)C[C@@H]2OC(C)(C)O[C@@H]2C(C)/C=C\CC(C)C)c1. The minimum absolute atomic E-state index is 0.0986. The van der Waals surface area contributed by atoms with Crippen molar-refractivity contribution in [2.24, 2.45) is 11.8 Å². The summed E-state index contributed by atoms with van der Waals surface area (Å²) < 4.78 is 17.9. The second-order valence-corrected chi connectivity index (χ2v) is 17.9. The summed E-state index contributed by atoms with van der Waals surface area (Å²) in [5.74, 6) is -0.695. The van der Waals surface area contributed by atoms with Crippen molar-refractivity contribution in [1.29, 1.82) is 0 Å². The molecule has 1 unspecified atom stereocenters. The van der Waals surface area contributed by atoms with Gasteiger partial charge in [0.2, 0.25) is 5.91 Å². The lowest BCUT2D eigenvalue weighted by atomic mass is 9.96. The van der Waals surface area contributed by atoms with Gasteiger partial charge in [0.1, 0.15) is 0 Å². The lowest BCUT2D eigenvalue weighted by Crippen LogP contribution is -2.32. The summed E-state index contributed by atoms with van der Waals surface area (Å²) in [6, 6.07) is 4.65. The van der Waals surface area contributed by atoms with Crippen molar-refractivity contribution in [3.63, 3.8) is 0 Å². The van der Waals surface area contributed by atoms with Crippen molar-refractivity contribution in [2.75, 3.05) is 11.9 Å². The molecule has 1 N–H and O–H groups in total.